The summed E-state index contributed by atoms with van der Waals surface area (Å²) in [5, 5.41) is 2.64. The van der Waals surface area contributed by atoms with Crippen molar-refractivity contribution in [1.29, 1.82) is 0 Å². The Morgan fingerprint density at radius 2 is 1.92 bits per heavy atom. The van der Waals surface area contributed by atoms with Crippen LogP contribution in [0.3, 0.4) is 0 Å². The lowest BCUT2D eigenvalue weighted by Crippen LogP contribution is -2.06. The number of aromatic nitrogens is 1. The Hall–Kier alpha value is -1.13. The minimum absolute atomic E-state index is 0.644. The number of rotatable bonds is 5. The number of hydrogen-bond acceptors (Lipinski definition) is 2. The van der Waals surface area contributed by atoms with Gasteiger partial charge in [-0.25, -0.2) is 0 Å². The molecule has 0 unspecified atom stereocenters. The number of thioether (sulfide) groups is 1. The minimum Gasteiger partial charge on any atom is -0.340 e. The van der Waals surface area contributed by atoms with Crippen molar-refractivity contribution in [2.45, 2.75) is 24.8 Å². The van der Waals surface area contributed by atoms with Gasteiger partial charge in [-0.1, -0.05) is 29.3 Å². The maximum atomic E-state index is 6.38. The van der Waals surface area contributed by atoms with E-state index in [2.05, 4.69) is 35.9 Å². The maximum Gasteiger partial charge on any atom is 0.0493 e. The van der Waals surface area contributed by atoms with Gasteiger partial charge in [-0.3, -0.25) is 0 Å². The van der Waals surface area contributed by atoms with Gasteiger partial charge in [-0.2, -0.15) is 0 Å². The molecule has 0 bridgehead atoms. The number of nitrogens with two attached hydrogens (primary N) is 1. The van der Waals surface area contributed by atoms with Gasteiger partial charge < -0.3 is 10.3 Å². The van der Waals surface area contributed by atoms with Crippen LogP contribution >= 0.6 is 35.0 Å². The van der Waals surface area contributed by atoms with E-state index in [0.717, 1.165) is 18.5 Å². The number of fused-ring (bicyclic) bond motifs is 1. The Morgan fingerprint density at radius 3 is 2.58 bits per heavy atom. The molecule has 2 N–H and O–H groups in total. The van der Waals surface area contributed by atoms with Crippen LogP contribution in [0.2, 0.25) is 10.0 Å². The molecule has 2 aromatic carbocycles. The highest BCUT2D eigenvalue weighted by Crippen LogP contribution is 2.31. The molecule has 1 heterocycles. The summed E-state index contributed by atoms with van der Waals surface area (Å²) in [6.45, 7) is 3.53. The molecule has 24 heavy (non-hydrogen) atoms. The second kappa shape index (κ2) is 7.40. The van der Waals surface area contributed by atoms with Crippen LogP contribution in [0.15, 0.2) is 41.3 Å². The van der Waals surface area contributed by atoms with Crippen LogP contribution in [-0.2, 0) is 13.0 Å². The minimum atomic E-state index is 0.644. The molecule has 0 aliphatic carbocycles. The van der Waals surface area contributed by atoms with Gasteiger partial charge in [0.1, 0.15) is 0 Å². The molecule has 2 nitrogen and oxygen atoms in total. The maximum absolute atomic E-state index is 6.38. The highest BCUT2D eigenvalue weighted by atomic mass is 35.5. The van der Waals surface area contributed by atoms with Gasteiger partial charge in [0.2, 0.25) is 0 Å². The highest BCUT2D eigenvalue weighted by Gasteiger charge is 2.15. The van der Waals surface area contributed by atoms with Crippen molar-refractivity contribution in [3.8, 4) is 0 Å². The molecule has 0 aliphatic rings. The van der Waals surface area contributed by atoms with E-state index in [-0.39, 0.29) is 0 Å². The number of benzene rings is 2. The first-order valence-corrected chi connectivity index (χ1v) is 9.83. The largest absolute Gasteiger partial charge is 0.340 e. The third-order valence-electron chi connectivity index (χ3n) is 4.40. The molecule has 0 radical (unpaired) electrons. The fourth-order valence-electron chi connectivity index (χ4n) is 3.14. The van der Waals surface area contributed by atoms with Crippen LogP contribution < -0.4 is 5.73 Å². The Balaban J connectivity index is 2.14. The molecule has 0 saturated heterocycles. The van der Waals surface area contributed by atoms with Gasteiger partial charge in [0.05, 0.1) is 0 Å². The van der Waals surface area contributed by atoms with Crippen molar-refractivity contribution in [3.05, 3.63) is 63.3 Å². The lowest BCUT2D eigenvalue weighted by atomic mass is 10.1. The van der Waals surface area contributed by atoms with E-state index in [1.165, 1.54) is 27.1 Å². The summed E-state index contributed by atoms with van der Waals surface area (Å²) in [6.07, 6.45) is 2.97. The Kier molecular flexibility index (Phi) is 5.46. The predicted molar refractivity (Wildman–Crippen MR) is 107 cm³/mol. The fraction of sp³-hybridized carbons (Fsp3) is 0.263. The van der Waals surface area contributed by atoms with Crippen LogP contribution in [0.5, 0.6) is 0 Å². The first-order chi connectivity index (χ1) is 11.5. The third-order valence-corrected chi connectivity index (χ3v) is 5.71. The van der Waals surface area contributed by atoms with Gasteiger partial charge in [-0.05, 0) is 67.6 Å². The smallest absolute Gasteiger partial charge is 0.0493 e. The lowest BCUT2D eigenvalue weighted by Gasteiger charge is -2.11. The molecule has 0 atom stereocenters. The molecule has 0 amide bonds. The van der Waals surface area contributed by atoms with E-state index in [4.69, 9.17) is 28.9 Å². The molecule has 0 spiro atoms. The van der Waals surface area contributed by atoms with E-state index in [9.17, 15) is 0 Å². The highest BCUT2D eigenvalue weighted by molar-refractivity contribution is 7.98. The summed E-state index contributed by atoms with van der Waals surface area (Å²) < 4.78 is 2.32. The first kappa shape index (κ1) is 17.7. The van der Waals surface area contributed by atoms with Gasteiger partial charge in [0, 0.05) is 38.1 Å². The average Bonchev–Trinajstić information content (AvgIpc) is 2.82. The number of hydrogen-bond donors (Lipinski definition) is 1. The molecule has 1 aromatic heterocycles. The van der Waals surface area contributed by atoms with Crippen LogP contribution in [0, 0.1) is 6.92 Å². The van der Waals surface area contributed by atoms with Crippen molar-refractivity contribution >= 4 is 45.9 Å². The second-order valence-electron chi connectivity index (χ2n) is 5.81. The molecule has 0 saturated carbocycles. The normalized spacial score (nSPS) is 11.4. The van der Waals surface area contributed by atoms with Gasteiger partial charge in [0.25, 0.3) is 0 Å². The molecule has 0 aliphatic heterocycles. The predicted octanol–water partition coefficient (Wildman–Crippen LogP) is 5.53. The second-order valence-corrected chi connectivity index (χ2v) is 7.53. The Morgan fingerprint density at radius 1 is 1.12 bits per heavy atom. The summed E-state index contributed by atoms with van der Waals surface area (Å²) >= 11 is 14.2. The van der Waals surface area contributed by atoms with Crippen molar-refractivity contribution < 1.29 is 0 Å². The quantitative estimate of drug-likeness (QED) is 0.591. The van der Waals surface area contributed by atoms with E-state index >= 15 is 0 Å². The Labute approximate surface area is 156 Å². The van der Waals surface area contributed by atoms with Crippen molar-refractivity contribution in [3.63, 3.8) is 0 Å². The van der Waals surface area contributed by atoms with Crippen molar-refractivity contribution in [2.75, 3.05) is 12.8 Å². The van der Waals surface area contributed by atoms with Crippen LogP contribution in [0.25, 0.3) is 10.9 Å². The monoisotopic (exact) mass is 378 g/mol. The molecular weight excluding hydrogens is 359 g/mol. The summed E-state index contributed by atoms with van der Waals surface area (Å²) in [6, 6.07) is 12.3. The standard InChI is InChI=1S/C19H20Cl2N2S/c1-12-16(7-8-22)17-10-15(24-2)5-6-19(17)23(12)11-13-3-4-14(20)9-18(13)21/h3-6,9-10H,7-8,11,22H2,1-2H3. The molecule has 3 rings (SSSR count). The van der Waals surface area contributed by atoms with Crippen LogP contribution in [0.1, 0.15) is 16.8 Å². The zero-order valence-electron chi connectivity index (χ0n) is 13.8. The summed E-state index contributed by atoms with van der Waals surface area (Å²) in [5.41, 5.74) is 10.7. The van der Waals surface area contributed by atoms with Crippen molar-refractivity contribution in [2.24, 2.45) is 5.73 Å². The molecule has 126 valence electrons. The first-order valence-electron chi connectivity index (χ1n) is 7.85. The lowest BCUT2D eigenvalue weighted by molar-refractivity contribution is 0.792. The molecular formula is C19H20Cl2N2S. The SMILES string of the molecule is CSc1ccc2c(c1)c(CCN)c(C)n2Cc1ccc(Cl)cc1Cl. The van der Waals surface area contributed by atoms with Crippen LogP contribution in [0.4, 0.5) is 0 Å². The van der Waals surface area contributed by atoms with E-state index in [1.54, 1.807) is 17.8 Å². The summed E-state index contributed by atoms with van der Waals surface area (Å²) in [7, 11) is 0. The average molecular weight is 379 g/mol. The van der Waals surface area contributed by atoms with Gasteiger partial charge in [0.15, 0.2) is 0 Å². The topological polar surface area (TPSA) is 30.9 Å². The van der Waals surface area contributed by atoms with Crippen LogP contribution in [-0.4, -0.2) is 17.4 Å². The van der Waals surface area contributed by atoms with E-state index < -0.39 is 0 Å². The zero-order valence-corrected chi connectivity index (χ0v) is 16.1. The third kappa shape index (κ3) is 3.31. The number of halogens is 2. The number of nitrogens with zero attached hydrogens (tertiary/aromatic N) is 1. The summed E-state index contributed by atoms with van der Waals surface area (Å²) in [5.74, 6) is 0. The van der Waals surface area contributed by atoms with E-state index in [1.807, 2.05) is 12.1 Å². The zero-order chi connectivity index (χ0) is 17.3. The molecule has 3 aromatic rings. The van der Waals surface area contributed by atoms with Crippen molar-refractivity contribution in [1.82, 2.24) is 4.57 Å². The molecule has 5 heteroatoms. The molecule has 0 fully saturated rings. The van der Waals surface area contributed by atoms with Gasteiger partial charge in [-0.15, -0.1) is 11.8 Å². The Bertz CT molecular complexity index is 887. The van der Waals surface area contributed by atoms with E-state index in [0.29, 0.717) is 16.6 Å². The van der Waals surface area contributed by atoms with Gasteiger partial charge >= 0.3 is 0 Å². The summed E-state index contributed by atoms with van der Waals surface area (Å²) in [4.78, 5) is 1.27. The fourth-order valence-corrected chi connectivity index (χ4v) is 4.05.